The summed E-state index contributed by atoms with van der Waals surface area (Å²) in [6.45, 7) is 0.0504. The number of rotatable bonds is 2. The molecule has 1 fully saturated rings. The molecule has 8 heteroatoms. The van der Waals surface area contributed by atoms with Gasteiger partial charge >= 0.3 is 6.03 Å². The van der Waals surface area contributed by atoms with Gasteiger partial charge in [0.2, 0.25) is 5.91 Å². The second-order valence-electron chi connectivity index (χ2n) is 4.51. The molecule has 4 N–H and O–H groups in total. The van der Waals surface area contributed by atoms with E-state index in [1.165, 1.54) is 6.07 Å². The minimum Gasteiger partial charge on any atom is -0.391 e. The molecular weight excluding hydrogens is 305 g/mol. The number of urea groups is 1. The first-order valence-electron chi connectivity index (χ1n) is 5.88. The number of hydrogen-bond acceptors (Lipinski definition) is 3. The molecule has 0 radical (unpaired) electrons. The molecule has 0 unspecified atom stereocenters. The van der Waals surface area contributed by atoms with E-state index in [0.29, 0.717) is 15.7 Å². The minimum absolute atomic E-state index is 0.0504. The van der Waals surface area contributed by atoms with Gasteiger partial charge in [0.15, 0.2) is 0 Å². The molecule has 6 nitrogen and oxygen atoms in total. The smallest absolute Gasteiger partial charge is 0.315 e. The van der Waals surface area contributed by atoms with Gasteiger partial charge in [0, 0.05) is 18.7 Å². The zero-order valence-corrected chi connectivity index (χ0v) is 11.9. The number of carbonyl (C=O) groups is 2. The molecule has 1 aliphatic rings. The number of primary amides is 1. The van der Waals surface area contributed by atoms with Crippen LogP contribution in [0.2, 0.25) is 10.0 Å². The number of nitrogens with zero attached hydrogens (tertiary/aromatic N) is 1. The van der Waals surface area contributed by atoms with Crippen LogP contribution in [-0.4, -0.2) is 40.6 Å². The van der Waals surface area contributed by atoms with E-state index in [1.807, 2.05) is 0 Å². The van der Waals surface area contributed by atoms with Gasteiger partial charge in [-0.1, -0.05) is 23.2 Å². The number of carbonyl (C=O) groups excluding carboxylic acids is 2. The van der Waals surface area contributed by atoms with E-state index in [4.69, 9.17) is 28.9 Å². The summed E-state index contributed by atoms with van der Waals surface area (Å²) in [6.07, 6.45) is -0.608. The zero-order valence-electron chi connectivity index (χ0n) is 10.3. The second kappa shape index (κ2) is 5.87. The number of aliphatic hydroxyl groups excluding tert-OH is 1. The predicted molar refractivity (Wildman–Crippen MR) is 75.8 cm³/mol. The molecule has 0 aromatic heterocycles. The number of amides is 3. The van der Waals surface area contributed by atoms with Crippen molar-refractivity contribution >= 4 is 40.8 Å². The van der Waals surface area contributed by atoms with E-state index in [1.54, 1.807) is 12.1 Å². The van der Waals surface area contributed by atoms with Crippen molar-refractivity contribution < 1.29 is 14.7 Å². The molecule has 1 saturated heterocycles. The van der Waals surface area contributed by atoms with E-state index in [2.05, 4.69) is 5.32 Å². The first-order valence-corrected chi connectivity index (χ1v) is 6.64. The summed E-state index contributed by atoms with van der Waals surface area (Å²) in [6, 6.07) is 3.11. The lowest BCUT2D eigenvalue weighted by molar-refractivity contribution is -0.119. The van der Waals surface area contributed by atoms with E-state index >= 15 is 0 Å². The summed E-state index contributed by atoms with van der Waals surface area (Å²) in [4.78, 5) is 24.5. The Morgan fingerprint density at radius 3 is 2.65 bits per heavy atom. The molecule has 1 aromatic rings. The summed E-state index contributed by atoms with van der Waals surface area (Å²) in [5, 5.41) is 12.8. The van der Waals surface area contributed by atoms with Crippen molar-refractivity contribution in [1.29, 1.82) is 0 Å². The van der Waals surface area contributed by atoms with Gasteiger partial charge in [-0.05, 0) is 18.2 Å². The molecule has 1 aliphatic heterocycles. The van der Waals surface area contributed by atoms with Crippen LogP contribution < -0.4 is 11.1 Å². The molecule has 20 heavy (non-hydrogen) atoms. The number of nitrogens with one attached hydrogen (secondary N) is 1. The van der Waals surface area contributed by atoms with E-state index < -0.39 is 24.1 Å². The standard InChI is InChI=1S/C12H13Cl2N3O3/c13-8-2-1-6(3-9(8)14)16-11(19)10-4-7(18)5-17(10)12(15)20/h1-3,7,10,18H,4-5H2,(H2,15,20)(H,16,19)/t7-,10-/m0/s1. The Morgan fingerprint density at radius 1 is 1.35 bits per heavy atom. The monoisotopic (exact) mass is 317 g/mol. The molecule has 0 spiro atoms. The van der Waals surface area contributed by atoms with Crippen LogP contribution in [0.1, 0.15) is 6.42 Å². The molecule has 2 atom stereocenters. The number of nitrogens with two attached hydrogens (primary N) is 1. The van der Waals surface area contributed by atoms with E-state index in [9.17, 15) is 14.7 Å². The number of β-amino-alcohol motifs (C(OH)–C–C–N with tert-alkyl or cyclic N) is 1. The van der Waals surface area contributed by atoms with Crippen molar-refractivity contribution in [1.82, 2.24) is 4.90 Å². The topological polar surface area (TPSA) is 95.7 Å². The lowest BCUT2D eigenvalue weighted by atomic mass is 10.2. The third kappa shape index (κ3) is 3.15. The Balaban J connectivity index is 2.11. The van der Waals surface area contributed by atoms with Gasteiger partial charge < -0.3 is 21.1 Å². The first kappa shape index (κ1) is 14.9. The Morgan fingerprint density at radius 2 is 2.05 bits per heavy atom. The van der Waals surface area contributed by atoms with Crippen LogP contribution in [0.15, 0.2) is 18.2 Å². The fraction of sp³-hybridized carbons (Fsp3) is 0.333. The van der Waals surface area contributed by atoms with Gasteiger partial charge in [0.1, 0.15) is 6.04 Å². The summed E-state index contributed by atoms with van der Waals surface area (Å²) in [7, 11) is 0. The molecule has 2 rings (SSSR count). The van der Waals surface area contributed by atoms with Gasteiger partial charge in [-0.2, -0.15) is 0 Å². The van der Waals surface area contributed by atoms with E-state index in [0.717, 1.165) is 4.90 Å². The zero-order chi connectivity index (χ0) is 14.9. The Bertz CT molecular complexity index is 553. The number of likely N-dealkylation sites (tertiary alicyclic amines) is 1. The Labute approximate surface area is 125 Å². The Hall–Kier alpha value is -1.50. The number of hydrogen-bond donors (Lipinski definition) is 3. The fourth-order valence-electron chi connectivity index (χ4n) is 2.11. The summed E-state index contributed by atoms with van der Waals surface area (Å²) >= 11 is 11.6. The van der Waals surface area contributed by atoms with Crippen molar-refractivity contribution in [2.45, 2.75) is 18.6 Å². The lowest BCUT2D eigenvalue weighted by Crippen LogP contribution is -2.45. The van der Waals surface area contributed by atoms with Crippen LogP contribution in [0.4, 0.5) is 10.5 Å². The van der Waals surface area contributed by atoms with Gasteiger partial charge in [-0.3, -0.25) is 4.79 Å². The number of benzene rings is 1. The predicted octanol–water partition coefficient (Wildman–Crippen LogP) is 1.45. The van der Waals surface area contributed by atoms with Crippen LogP contribution >= 0.6 is 23.2 Å². The third-order valence-corrected chi connectivity index (χ3v) is 3.79. The minimum atomic E-state index is -0.794. The Kier molecular flexibility index (Phi) is 4.37. The van der Waals surface area contributed by atoms with Gasteiger partial charge in [-0.15, -0.1) is 0 Å². The molecule has 3 amide bonds. The van der Waals surface area contributed by atoms with Crippen molar-refractivity contribution in [3.63, 3.8) is 0 Å². The van der Waals surface area contributed by atoms with E-state index in [-0.39, 0.29) is 13.0 Å². The number of aliphatic hydroxyl groups is 1. The summed E-state index contributed by atoms with van der Waals surface area (Å²) < 4.78 is 0. The lowest BCUT2D eigenvalue weighted by Gasteiger charge is -2.21. The normalized spacial score (nSPS) is 21.9. The molecule has 1 aromatic carbocycles. The molecule has 0 aliphatic carbocycles. The second-order valence-corrected chi connectivity index (χ2v) is 5.33. The van der Waals surface area contributed by atoms with Gasteiger partial charge in [0.05, 0.1) is 16.1 Å². The van der Waals surface area contributed by atoms with Gasteiger partial charge in [0.25, 0.3) is 0 Å². The highest BCUT2D eigenvalue weighted by Crippen LogP contribution is 2.26. The molecular formula is C12H13Cl2N3O3. The summed E-state index contributed by atoms with van der Waals surface area (Å²) in [5.41, 5.74) is 5.64. The van der Waals surface area contributed by atoms with Crippen molar-refractivity contribution in [3.8, 4) is 0 Å². The maximum Gasteiger partial charge on any atom is 0.315 e. The van der Waals surface area contributed by atoms with Crippen LogP contribution in [0.25, 0.3) is 0 Å². The highest BCUT2D eigenvalue weighted by molar-refractivity contribution is 6.42. The van der Waals surface area contributed by atoms with Crippen LogP contribution in [-0.2, 0) is 4.79 Å². The van der Waals surface area contributed by atoms with Crippen molar-refractivity contribution in [3.05, 3.63) is 28.2 Å². The molecule has 0 saturated carbocycles. The third-order valence-electron chi connectivity index (χ3n) is 3.05. The first-order chi connectivity index (χ1) is 9.38. The average molecular weight is 318 g/mol. The molecule has 1 heterocycles. The maximum atomic E-state index is 12.1. The maximum absolute atomic E-state index is 12.1. The van der Waals surface area contributed by atoms with Crippen molar-refractivity contribution in [2.75, 3.05) is 11.9 Å². The highest BCUT2D eigenvalue weighted by atomic mass is 35.5. The van der Waals surface area contributed by atoms with Crippen LogP contribution in [0.3, 0.4) is 0 Å². The van der Waals surface area contributed by atoms with Crippen molar-refractivity contribution in [2.24, 2.45) is 5.73 Å². The van der Waals surface area contributed by atoms with Crippen LogP contribution in [0, 0.1) is 0 Å². The van der Waals surface area contributed by atoms with Crippen LogP contribution in [0.5, 0.6) is 0 Å². The quantitative estimate of drug-likeness (QED) is 0.770. The SMILES string of the molecule is NC(=O)N1C[C@@H](O)C[C@H]1C(=O)Nc1ccc(Cl)c(Cl)c1. The highest BCUT2D eigenvalue weighted by Gasteiger charge is 2.38. The number of halogens is 2. The fourth-order valence-corrected chi connectivity index (χ4v) is 2.40. The average Bonchev–Trinajstić information content (AvgIpc) is 2.76. The molecule has 108 valence electrons. The number of anilines is 1. The largest absolute Gasteiger partial charge is 0.391 e. The van der Waals surface area contributed by atoms with Gasteiger partial charge in [-0.25, -0.2) is 4.79 Å². The summed E-state index contributed by atoms with van der Waals surface area (Å²) in [5.74, 6) is -0.432. The molecule has 0 bridgehead atoms.